The lowest BCUT2D eigenvalue weighted by molar-refractivity contribution is -0.131. The highest BCUT2D eigenvalue weighted by molar-refractivity contribution is 6.07. The predicted molar refractivity (Wildman–Crippen MR) is 110 cm³/mol. The fraction of sp³-hybridized carbons (Fsp3) is 0.318. The molecular formula is C22H23F2N3O4. The van der Waals surface area contributed by atoms with E-state index in [2.05, 4.69) is 22.1 Å². The summed E-state index contributed by atoms with van der Waals surface area (Å²) >= 11 is 0. The highest BCUT2D eigenvalue weighted by Crippen LogP contribution is 2.30. The lowest BCUT2D eigenvalue weighted by atomic mass is 9.92. The molecule has 2 aromatic rings. The molecule has 7 nitrogen and oxygen atoms in total. The van der Waals surface area contributed by atoms with Crippen molar-refractivity contribution in [2.24, 2.45) is 5.10 Å². The average molecular weight is 431 g/mol. The molecule has 31 heavy (non-hydrogen) atoms. The summed E-state index contributed by atoms with van der Waals surface area (Å²) in [6.07, 6.45) is 3.41. The van der Waals surface area contributed by atoms with Gasteiger partial charge in [0.15, 0.2) is 0 Å². The molecule has 0 bridgehead atoms. The summed E-state index contributed by atoms with van der Waals surface area (Å²) in [5.41, 5.74) is -0.279. The number of amides is 3. The quantitative estimate of drug-likeness (QED) is 0.365. The van der Waals surface area contributed by atoms with E-state index in [9.17, 15) is 18.4 Å². The summed E-state index contributed by atoms with van der Waals surface area (Å²) in [7, 11) is 0. The van der Waals surface area contributed by atoms with E-state index in [0.717, 1.165) is 23.6 Å². The van der Waals surface area contributed by atoms with Crippen molar-refractivity contribution >= 4 is 18.2 Å². The molecule has 0 saturated carbocycles. The first-order valence-electron chi connectivity index (χ1n) is 9.82. The Morgan fingerprint density at radius 3 is 2.35 bits per heavy atom. The number of hydrogen-bond donors (Lipinski definition) is 1. The zero-order valence-electron chi connectivity index (χ0n) is 17.2. The number of hydrazone groups is 1. The topological polar surface area (TPSA) is 80.2 Å². The second-order valence-electron chi connectivity index (χ2n) is 7.09. The smallest absolute Gasteiger partial charge is 0.387 e. The summed E-state index contributed by atoms with van der Waals surface area (Å²) in [6, 6.07) is 11.9. The molecule has 1 aliphatic rings. The highest BCUT2D eigenvalue weighted by atomic mass is 19.3. The molecule has 2 aromatic carbocycles. The molecule has 0 aromatic heterocycles. The van der Waals surface area contributed by atoms with Gasteiger partial charge in [-0.05, 0) is 60.9 Å². The molecule has 1 aliphatic heterocycles. The van der Waals surface area contributed by atoms with E-state index in [1.807, 2.05) is 0 Å². The van der Waals surface area contributed by atoms with Crippen molar-refractivity contribution in [3.05, 3.63) is 59.7 Å². The van der Waals surface area contributed by atoms with Gasteiger partial charge in [-0.15, -0.1) is 5.01 Å². The van der Waals surface area contributed by atoms with E-state index in [1.165, 1.54) is 37.4 Å². The molecular weight excluding hydrogens is 408 g/mol. The fourth-order valence-electron chi connectivity index (χ4n) is 3.00. The van der Waals surface area contributed by atoms with Crippen LogP contribution in [-0.4, -0.2) is 36.4 Å². The number of carbonyl (C=O) groups excluding carboxylic acids is 2. The molecule has 164 valence electrons. The molecule has 3 rings (SSSR count). The third-order valence-corrected chi connectivity index (χ3v) is 4.80. The van der Waals surface area contributed by atoms with Crippen molar-refractivity contribution in [2.45, 2.75) is 38.8 Å². The van der Waals surface area contributed by atoms with Crippen molar-refractivity contribution in [3.8, 4) is 11.5 Å². The van der Waals surface area contributed by atoms with E-state index in [-0.39, 0.29) is 5.75 Å². The lowest BCUT2D eigenvalue weighted by Gasteiger charge is -2.21. The van der Waals surface area contributed by atoms with Gasteiger partial charge in [0.25, 0.3) is 5.91 Å². The first-order valence-corrected chi connectivity index (χ1v) is 9.82. The number of carbonyl (C=O) groups is 2. The summed E-state index contributed by atoms with van der Waals surface area (Å²) < 4.78 is 34.5. The van der Waals surface area contributed by atoms with Gasteiger partial charge >= 0.3 is 12.6 Å². The molecule has 1 fully saturated rings. The van der Waals surface area contributed by atoms with E-state index in [0.29, 0.717) is 17.7 Å². The summed E-state index contributed by atoms with van der Waals surface area (Å²) in [4.78, 5) is 25.2. The van der Waals surface area contributed by atoms with Gasteiger partial charge in [-0.3, -0.25) is 4.79 Å². The summed E-state index contributed by atoms with van der Waals surface area (Å²) in [5, 5.41) is 7.36. The van der Waals surface area contributed by atoms with Crippen molar-refractivity contribution < 1.29 is 27.8 Å². The maximum atomic E-state index is 12.9. The number of nitrogens with zero attached hydrogens (tertiary/aromatic N) is 2. The normalized spacial score (nSPS) is 18.7. The second-order valence-corrected chi connectivity index (χ2v) is 7.09. The SMILES string of the molecule is CCCCOc1ccc(C=NN2C(=O)NC(C)(c3ccc(OC(F)F)cc3)C2=O)cc1. The minimum absolute atomic E-state index is 0.0453. The van der Waals surface area contributed by atoms with Crippen LogP contribution in [-0.2, 0) is 10.3 Å². The van der Waals surface area contributed by atoms with E-state index in [1.54, 1.807) is 24.3 Å². The van der Waals surface area contributed by atoms with E-state index in [4.69, 9.17) is 4.74 Å². The van der Waals surface area contributed by atoms with Gasteiger partial charge in [-0.2, -0.15) is 13.9 Å². The van der Waals surface area contributed by atoms with E-state index < -0.39 is 24.1 Å². The third kappa shape index (κ3) is 5.17. The van der Waals surface area contributed by atoms with Gasteiger partial charge in [0.05, 0.1) is 12.8 Å². The van der Waals surface area contributed by atoms with Crippen molar-refractivity contribution in [1.82, 2.24) is 10.3 Å². The van der Waals surface area contributed by atoms with Crippen LogP contribution in [0.5, 0.6) is 11.5 Å². The van der Waals surface area contributed by atoms with Crippen molar-refractivity contribution in [2.75, 3.05) is 6.61 Å². The van der Waals surface area contributed by atoms with Crippen molar-refractivity contribution in [3.63, 3.8) is 0 Å². The van der Waals surface area contributed by atoms with Gasteiger partial charge < -0.3 is 14.8 Å². The Kier molecular flexibility index (Phi) is 6.84. The molecule has 1 atom stereocenters. The number of imide groups is 1. The number of rotatable bonds is 9. The minimum Gasteiger partial charge on any atom is -0.494 e. The molecule has 1 saturated heterocycles. The van der Waals surface area contributed by atoms with Gasteiger partial charge in [0.2, 0.25) is 0 Å². The van der Waals surface area contributed by atoms with Crippen LogP contribution in [0.4, 0.5) is 13.6 Å². The van der Waals surface area contributed by atoms with Gasteiger partial charge in [0, 0.05) is 0 Å². The number of alkyl halides is 2. The van der Waals surface area contributed by atoms with Crippen LogP contribution in [0.2, 0.25) is 0 Å². The maximum absolute atomic E-state index is 12.9. The zero-order valence-corrected chi connectivity index (χ0v) is 17.2. The van der Waals surface area contributed by atoms with Gasteiger partial charge in [-0.25, -0.2) is 4.79 Å². The Labute approximate surface area is 178 Å². The standard InChI is InChI=1S/C22H23F2N3O4/c1-3-4-13-30-17-9-5-15(6-10-17)14-25-27-19(28)22(2,26-21(27)29)16-7-11-18(12-8-16)31-20(23)24/h5-12,14,20H,3-4,13H2,1-2H3,(H,26,29). The molecule has 1 heterocycles. The number of nitrogens with one attached hydrogen (secondary N) is 1. The fourth-order valence-corrected chi connectivity index (χ4v) is 3.00. The number of hydrogen-bond acceptors (Lipinski definition) is 5. The molecule has 1 N–H and O–H groups in total. The Balaban J connectivity index is 1.69. The Bertz CT molecular complexity index is 948. The van der Waals surface area contributed by atoms with Crippen LogP contribution in [0, 0.1) is 0 Å². The molecule has 0 radical (unpaired) electrons. The Morgan fingerprint density at radius 2 is 1.74 bits per heavy atom. The average Bonchev–Trinajstić information content (AvgIpc) is 2.96. The lowest BCUT2D eigenvalue weighted by Crippen LogP contribution is -2.40. The van der Waals surface area contributed by atoms with Crippen LogP contribution in [0.25, 0.3) is 0 Å². The number of halogens is 2. The number of unbranched alkanes of at least 4 members (excludes halogenated alkanes) is 1. The van der Waals surface area contributed by atoms with Gasteiger partial charge in [0.1, 0.15) is 17.0 Å². The first kappa shape index (κ1) is 22.2. The Hall–Kier alpha value is -3.49. The monoisotopic (exact) mass is 431 g/mol. The molecule has 3 amide bonds. The molecule has 9 heteroatoms. The maximum Gasteiger partial charge on any atom is 0.387 e. The van der Waals surface area contributed by atoms with Crippen LogP contribution < -0.4 is 14.8 Å². The van der Waals surface area contributed by atoms with Crippen LogP contribution >= 0.6 is 0 Å². The minimum atomic E-state index is -2.95. The summed E-state index contributed by atoms with van der Waals surface area (Å²) in [6.45, 7) is 1.30. The third-order valence-electron chi connectivity index (χ3n) is 4.80. The molecule has 0 spiro atoms. The first-order chi connectivity index (χ1) is 14.8. The molecule has 0 aliphatic carbocycles. The second kappa shape index (κ2) is 9.55. The zero-order chi connectivity index (χ0) is 22.4. The largest absolute Gasteiger partial charge is 0.494 e. The van der Waals surface area contributed by atoms with Crippen LogP contribution in [0.3, 0.4) is 0 Å². The van der Waals surface area contributed by atoms with Crippen LogP contribution in [0.1, 0.15) is 37.8 Å². The number of urea groups is 1. The predicted octanol–water partition coefficient (Wildman–Crippen LogP) is 4.27. The summed E-state index contributed by atoms with van der Waals surface area (Å²) in [5.74, 6) is 0.0966. The number of ether oxygens (including phenoxy) is 2. The highest BCUT2D eigenvalue weighted by Gasteiger charge is 2.49. The van der Waals surface area contributed by atoms with Crippen molar-refractivity contribution in [1.29, 1.82) is 0 Å². The Morgan fingerprint density at radius 1 is 1.10 bits per heavy atom. The van der Waals surface area contributed by atoms with E-state index >= 15 is 0 Å². The van der Waals surface area contributed by atoms with Gasteiger partial charge in [-0.1, -0.05) is 25.5 Å². The number of benzene rings is 2. The molecule has 1 unspecified atom stereocenters. The van der Waals surface area contributed by atoms with Crippen LogP contribution in [0.15, 0.2) is 53.6 Å².